The molecule has 0 aliphatic carbocycles. The number of amides is 1. The molecule has 0 atom stereocenters. The van der Waals surface area contributed by atoms with Crippen LogP contribution in [0, 0.1) is 13.8 Å². The van der Waals surface area contributed by atoms with Gasteiger partial charge in [-0.05, 0) is 20.8 Å². The van der Waals surface area contributed by atoms with Gasteiger partial charge >= 0.3 is 5.97 Å². The van der Waals surface area contributed by atoms with Gasteiger partial charge in [-0.3, -0.25) is 9.48 Å². The van der Waals surface area contributed by atoms with E-state index in [9.17, 15) is 9.59 Å². The van der Waals surface area contributed by atoms with Gasteiger partial charge in [0.15, 0.2) is 0 Å². The molecule has 2 aromatic rings. The van der Waals surface area contributed by atoms with Crippen LogP contribution in [0.3, 0.4) is 0 Å². The molecule has 0 radical (unpaired) electrons. The van der Waals surface area contributed by atoms with Crippen LogP contribution in [0.1, 0.15) is 39.0 Å². The monoisotopic (exact) mass is 290 g/mol. The third-order valence-electron chi connectivity index (χ3n) is 3.06. The molecule has 7 heteroatoms. The van der Waals surface area contributed by atoms with Crippen molar-refractivity contribution in [2.75, 3.05) is 11.9 Å². The standard InChI is InChI=1S/C14H18N4O3/c1-5-21-14(20)12-9(3)15-6-11(12)16-13(19)10-7-18(4)17-8(10)2/h6-7,15H,5H2,1-4H3,(H,16,19). The van der Waals surface area contributed by atoms with E-state index in [4.69, 9.17) is 4.74 Å². The largest absolute Gasteiger partial charge is 0.462 e. The minimum atomic E-state index is -0.463. The van der Waals surface area contributed by atoms with Crippen molar-refractivity contribution < 1.29 is 14.3 Å². The number of carbonyl (C=O) groups is 2. The summed E-state index contributed by atoms with van der Waals surface area (Å²) in [5.41, 5.74) is 2.48. The van der Waals surface area contributed by atoms with E-state index in [1.165, 1.54) is 0 Å². The Morgan fingerprint density at radius 3 is 2.71 bits per heavy atom. The minimum Gasteiger partial charge on any atom is -0.462 e. The molecule has 7 nitrogen and oxygen atoms in total. The first-order valence-electron chi connectivity index (χ1n) is 6.60. The second-order valence-electron chi connectivity index (χ2n) is 4.68. The summed E-state index contributed by atoms with van der Waals surface area (Å²) in [6.45, 7) is 5.51. The average Bonchev–Trinajstić information content (AvgIpc) is 2.92. The van der Waals surface area contributed by atoms with Gasteiger partial charge in [-0.25, -0.2) is 4.79 Å². The molecule has 2 N–H and O–H groups in total. The number of hydrogen-bond acceptors (Lipinski definition) is 4. The molecular formula is C14H18N4O3. The first-order chi connectivity index (χ1) is 9.93. The van der Waals surface area contributed by atoms with Crippen LogP contribution < -0.4 is 5.32 Å². The summed E-state index contributed by atoms with van der Waals surface area (Å²) >= 11 is 0. The Hall–Kier alpha value is -2.57. The SMILES string of the molecule is CCOC(=O)c1c(NC(=O)c2cn(C)nc2C)c[nH]c1C. The van der Waals surface area contributed by atoms with Crippen molar-refractivity contribution in [3.8, 4) is 0 Å². The number of esters is 1. The van der Waals surface area contributed by atoms with Crippen LogP contribution in [0.15, 0.2) is 12.4 Å². The number of H-pyrrole nitrogens is 1. The van der Waals surface area contributed by atoms with Crippen LogP contribution in [-0.4, -0.2) is 33.2 Å². The van der Waals surface area contributed by atoms with Crippen LogP contribution in [0.2, 0.25) is 0 Å². The van der Waals surface area contributed by atoms with Crippen LogP contribution in [-0.2, 0) is 11.8 Å². The molecule has 0 unspecified atom stereocenters. The van der Waals surface area contributed by atoms with Crippen molar-refractivity contribution in [2.45, 2.75) is 20.8 Å². The number of anilines is 1. The van der Waals surface area contributed by atoms with E-state index in [2.05, 4.69) is 15.4 Å². The third-order valence-corrected chi connectivity index (χ3v) is 3.06. The van der Waals surface area contributed by atoms with Gasteiger partial charge < -0.3 is 15.0 Å². The Bertz CT molecular complexity index is 684. The Morgan fingerprint density at radius 2 is 2.14 bits per heavy atom. The van der Waals surface area contributed by atoms with E-state index in [0.29, 0.717) is 28.2 Å². The molecular weight excluding hydrogens is 272 g/mol. The average molecular weight is 290 g/mol. The van der Waals surface area contributed by atoms with Crippen molar-refractivity contribution in [3.05, 3.63) is 34.9 Å². The van der Waals surface area contributed by atoms with Crippen LogP contribution in [0.5, 0.6) is 0 Å². The summed E-state index contributed by atoms with van der Waals surface area (Å²) in [4.78, 5) is 27.1. The van der Waals surface area contributed by atoms with Gasteiger partial charge in [-0.1, -0.05) is 0 Å². The van der Waals surface area contributed by atoms with E-state index in [1.54, 1.807) is 44.9 Å². The number of aromatic nitrogens is 3. The molecule has 0 spiro atoms. The van der Waals surface area contributed by atoms with E-state index >= 15 is 0 Å². The molecule has 0 aliphatic heterocycles. The number of nitrogens with one attached hydrogen (secondary N) is 2. The lowest BCUT2D eigenvalue weighted by atomic mass is 10.2. The number of hydrogen-bond donors (Lipinski definition) is 2. The molecule has 1 amide bonds. The Labute approximate surface area is 122 Å². The molecule has 0 fully saturated rings. The van der Waals surface area contributed by atoms with Crippen LogP contribution in [0.4, 0.5) is 5.69 Å². The smallest absolute Gasteiger partial charge is 0.342 e. The minimum absolute atomic E-state index is 0.276. The molecule has 0 aromatic carbocycles. The maximum atomic E-state index is 12.3. The molecule has 2 heterocycles. The fraction of sp³-hybridized carbons (Fsp3) is 0.357. The summed E-state index contributed by atoms with van der Waals surface area (Å²) in [5.74, 6) is -0.778. The molecule has 0 saturated heterocycles. The van der Waals surface area contributed by atoms with Gasteiger partial charge in [0.2, 0.25) is 0 Å². The maximum Gasteiger partial charge on any atom is 0.342 e. The second kappa shape index (κ2) is 5.82. The number of aromatic amines is 1. The van der Waals surface area contributed by atoms with E-state index in [0.717, 1.165) is 0 Å². The Kier molecular flexibility index (Phi) is 4.11. The first-order valence-corrected chi connectivity index (χ1v) is 6.60. The summed E-state index contributed by atoms with van der Waals surface area (Å²) < 4.78 is 6.56. The molecule has 112 valence electrons. The van der Waals surface area contributed by atoms with Crippen molar-refractivity contribution in [2.24, 2.45) is 7.05 Å². The molecule has 0 bridgehead atoms. The molecule has 2 aromatic heterocycles. The zero-order valence-corrected chi connectivity index (χ0v) is 12.5. The molecule has 2 rings (SSSR count). The molecule has 21 heavy (non-hydrogen) atoms. The summed E-state index contributed by atoms with van der Waals surface area (Å²) in [6.07, 6.45) is 3.21. The van der Waals surface area contributed by atoms with Gasteiger partial charge in [0, 0.05) is 25.1 Å². The van der Waals surface area contributed by atoms with Crippen molar-refractivity contribution in [1.82, 2.24) is 14.8 Å². The van der Waals surface area contributed by atoms with Crippen LogP contribution in [0.25, 0.3) is 0 Å². The van der Waals surface area contributed by atoms with Gasteiger partial charge in [-0.15, -0.1) is 0 Å². The highest BCUT2D eigenvalue weighted by Gasteiger charge is 2.21. The quantitative estimate of drug-likeness (QED) is 0.840. The molecule has 0 aliphatic rings. The third kappa shape index (κ3) is 2.96. The highest BCUT2D eigenvalue weighted by atomic mass is 16.5. The number of aryl methyl sites for hydroxylation is 3. The Morgan fingerprint density at radius 1 is 1.43 bits per heavy atom. The Balaban J connectivity index is 2.26. The number of carbonyl (C=O) groups excluding carboxylic acids is 2. The van der Waals surface area contributed by atoms with Gasteiger partial charge in [0.05, 0.1) is 23.6 Å². The van der Waals surface area contributed by atoms with E-state index in [-0.39, 0.29) is 12.5 Å². The van der Waals surface area contributed by atoms with Crippen molar-refractivity contribution in [1.29, 1.82) is 0 Å². The second-order valence-corrected chi connectivity index (χ2v) is 4.68. The summed E-state index contributed by atoms with van der Waals surface area (Å²) in [5, 5.41) is 6.84. The van der Waals surface area contributed by atoms with E-state index in [1.807, 2.05) is 0 Å². The van der Waals surface area contributed by atoms with E-state index < -0.39 is 5.97 Å². The lowest BCUT2D eigenvalue weighted by Crippen LogP contribution is -2.15. The van der Waals surface area contributed by atoms with Crippen LogP contribution >= 0.6 is 0 Å². The molecule has 0 saturated carbocycles. The maximum absolute atomic E-state index is 12.3. The fourth-order valence-corrected chi connectivity index (χ4v) is 2.10. The number of rotatable bonds is 4. The highest BCUT2D eigenvalue weighted by molar-refractivity contribution is 6.08. The van der Waals surface area contributed by atoms with Crippen molar-refractivity contribution >= 4 is 17.6 Å². The zero-order chi connectivity index (χ0) is 15.6. The predicted octanol–water partition coefficient (Wildman–Crippen LogP) is 1.79. The highest BCUT2D eigenvalue weighted by Crippen LogP contribution is 2.21. The van der Waals surface area contributed by atoms with Gasteiger partial charge in [0.25, 0.3) is 5.91 Å². The number of nitrogens with zero attached hydrogens (tertiary/aromatic N) is 2. The predicted molar refractivity (Wildman–Crippen MR) is 77.4 cm³/mol. The normalized spacial score (nSPS) is 10.5. The topological polar surface area (TPSA) is 89.0 Å². The van der Waals surface area contributed by atoms with Gasteiger partial charge in [-0.2, -0.15) is 5.10 Å². The summed E-state index contributed by atoms with van der Waals surface area (Å²) in [6, 6.07) is 0. The zero-order valence-electron chi connectivity index (χ0n) is 12.5. The first kappa shape index (κ1) is 14.8. The summed E-state index contributed by atoms with van der Waals surface area (Å²) in [7, 11) is 1.74. The fourth-order valence-electron chi connectivity index (χ4n) is 2.10. The lowest BCUT2D eigenvalue weighted by molar-refractivity contribution is 0.0527. The van der Waals surface area contributed by atoms with Gasteiger partial charge in [0.1, 0.15) is 5.56 Å². The van der Waals surface area contributed by atoms with Crippen molar-refractivity contribution in [3.63, 3.8) is 0 Å². The lowest BCUT2D eigenvalue weighted by Gasteiger charge is -2.06. The number of ether oxygens (including phenoxy) is 1.